The largest absolute Gasteiger partial charge is 0.334 e. The highest BCUT2D eigenvalue weighted by atomic mass is 16.5. The number of hydrogen-bond acceptors (Lipinski definition) is 4. The third kappa shape index (κ3) is 4.73. The molecule has 1 N–H and O–H groups in total. The molecule has 0 spiro atoms. The first-order valence-corrected chi connectivity index (χ1v) is 11.8. The van der Waals surface area contributed by atoms with Gasteiger partial charge in [-0.05, 0) is 44.4 Å². The van der Waals surface area contributed by atoms with E-state index in [4.69, 9.17) is 9.51 Å². The van der Waals surface area contributed by atoms with Crippen LogP contribution in [0.2, 0.25) is 0 Å². The highest BCUT2D eigenvalue weighted by Crippen LogP contribution is 2.37. The van der Waals surface area contributed by atoms with Crippen molar-refractivity contribution in [1.29, 1.82) is 0 Å². The maximum Gasteiger partial charge on any atom is 0.322 e. The van der Waals surface area contributed by atoms with Crippen LogP contribution in [-0.2, 0) is 6.42 Å². The van der Waals surface area contributed by atoms with Crippen molar-refractivity contribution in [3.8, 4) is 11.4 Å². The minimum absolute atomic E-state index is 0.133. The van der Waals surface area contributed by atoms with Crippen LogP contribution in [0.3, 0.4) is 0 Å². The zero-order valence-corrected chi connectivity index (χ0v) is 20.2. The number of rotatable bonds is 6. The first-order chi connectivity index (χ1) is 17.0. The van der Waals surface area contributed by atoms with Crippen LogP contribution in [-0.4, -0.2) is 27.6 Å². The Bertz CT molecular complexity index is 1370. The zero-order chi connectivity index (χ0) is 24.4. The maximum atomic E-state index is 13.2. The van der Waals surface area contributed by atoms with Crippen LogP contribution in [0.1, 0.15) is 41.1 Å². The molecule has 4 aromatic rings. The first kappa shape index (κ1) is 22.6. The summed E-state index contributed by atoms with van der Waals surface area (Å²) in [5.41, 5.74) is 6.95. The van der Waals surface area contributed by atoms with Crippen molar-refractivity contribution in [3.63, 3.8) is 0 Å². The van der Waals surface area contributed by atoms with Gasteiger partial charge in [-0.25, -0.2) is 4.79 Å². The van der Waals surface area contributed by atoms with E-state index < -0.39 is 0 Å². The van der Waals surface area contributed by atoms with Crippen LogP contribution in [0.5, 0.6) is 0 Å². The molecule has 2 amide bonds. The maximum absolute atomic E-state index is 13.2. The fourth-order valence-corrected chi connectivity index (χ4v) is 4.46. The van der Waals surface area contributed by atoms with E-state index in [1.807, 2.05) is 87.5 Å². The van der Waals surface area contributed by atoms with E-state index in [0.29, 0.717) is 18.3 Å². The quantitative estimate of drug-likeness (QED) is 0.375. The second-order valence-electron chi connectivity index (χ2n) is 8.97. The summed E-state index contributed by atoms with van der Waals surface area (Å²) in [5, 5.41) is 7.44. The molecule has 0 bridgehead atoms. The smallest absolute Gasteiger partial charge is 0.322 e. The SMILES string of the molecule is CC1=C(c2nc(-c3cccc(C)c3)no2)C(c2ccc(C)cc2)NC(=O)N1CCc1ccccc1. The topological polar surface area (TPSA) is 71.3 Å². The van der Waals surface area contributed by atoms with E-state index in [1.165, 1.54) is 5.56 Å². The number of amides is 2. The number of nitrogens with one attached hydrogen (secondary N) is 1. The summed E-state index contributed by atoms with van der Waals surface area (Å²) in [6.45, 7) is 6.58. The third-order valence-electron chi connectivity index (χ3n) is 6.41. The average molecular weight is 465 g/mol. The average Bonchev–Trinajstić information content (AvgIpc) is 3.34. The van der Waals surface area contributed by atoms with Gasteiger partial charge in [0.05, 0.1) is 11.6 Å². The molecule has 176 valence electrons. The van der Waals surface area contributed by atoms with Crippen molar-refractivity contribution in [2.45, 2.75) is 33.2 Å². The van der Waals surface area contributed by atoms with Crippen molar-refractivity contribution >= 4 is 11.6 Å². The summed E-state index contributed by atoms with van der Waals surface area (Å²) in [5.74, 6) is 0.939. The molecule has 5 rings (SSSR count). The Kier molecular flexibility index (Phi) is 6.19. The molecule has 3 aromatic carbocycles. The predicted molar refractivity (Wildman–Crippen MR) is 136 cm³/mol. The number of benzene rings is 3. The summed E-state index contributed by atoms with van der Waals surface area (Å²) < 4.78 is 5.79. The van der Waals surface area contributed by atoms with Gasteiger partial charge in [-0.1, -0.05) is 89.1 Å². The fraction of sp³-hybridized carbons (Fsp3) is 0.207. The van der Waals surface area contributed by atoms with Gasteiger partial charge in [0.1, 0.15) is 0 Å². The lowest BCUT2D eigenvalue weighted by atomic mass is 9.94. The van der Waals surface area contributed by atoms with Gasteiger partial charge in [0.25, 0.3) is 5.89 Å². The van der Waals surface area contributed by atoms with Gasteiger partial charge < -0.3 is 9.84 Å². The number of nitrogens with zero attached hydrogens (tertiary/aromatic N) is 3. The van der Waals surface area contributed by atoms with E-state index in [2.05, 4.69) is 22.6 Å². The molecule has 1 aliphatic heterocycles. The van der Waals surface area contributed by atoms with E-state index in [1.54, 1.807) is 4.90 Å². The lowest BCUT2D eigenvalue weighted by molar-refractivity contribution is 0.205. The van der Waals surface area contributed by atoms with Gasteiger partial charge in [0, 0.05) is 17.8 Å². The van der Waals surface area contributed by atoms with Crippen LogP contribution in [0.4, 0.5) is 4.79 Å². The Morgan fingerprint density at radius 1 is 0.914 bits per heavy atom. The number of carbonyl (C=O) groups excluding carboxylic acids is 1. The molecule has 1 unspecified atom stereocenters. The minimum atomic E-state index is -0.387. The van der Waals surface area contributed by atoms with Crippen LogP contribution in [0, 0.1) is 13.8 Å². The van der Waals surface area contributed by atoms with E-state index >= 15 is 0 Å². The summed E-state index contributed by atoms with van der Waals surface area (Å²) in [4.78, 5) is 19.8. The summed E-state index contributed by atoms with van der Waals surface area (Å²) in [6.07, 6.45) is 0.743. The summed E-state index contributed by atoms with van der Waals surface area (Å²) in [6, 6.07) is 25.8. The number of aromatic nitrogens is 2. The lowest BCUT2D eigenvalue weighted by Gasteiger charge is -2.35. The van der Waals surface area contributed by atoms with E-state index in [9.17, 15) is 4.79 Å². The third-order valence-corrected chi connectivity index (χ3v) is 6.41. The molecule has 1 atom stereocenters. The van der Waals surface area contributed by atoms with Crippen LogP contribution in [0.25, 0.3) is 17.0 Å². The molecule has 0 fully saturated rings. The molecule has 0 saturated heterocycles. The van der Waals surface area contributed by atoms with Crippen molar-refractivity contribution < 1.29 is 9.32 Å². The highest BCUT2D eigenvalue weighted by molar-refractivity contribution is 5.87. The number of carbonyl (C=O) groups is 1. The Labute approximate surface area is 205 Å². The highest BCUT2D eigenvalue weighted by Gasteiger charge is 2.35. The molecule has 0 aliphatic carbocycles. The lowest BCUT2D eigenvalue weighted by Crippen LogP contribution is -2.46. The molecular formula is C29H28N4O2. The Morgan fingerprint density at radius 3 is 2.43 bits per heavy atom. The molecular weight excluding hydrogens is 436 g/mol. The zero-order valence-electron chi connectivity index (χ0n) is 20.2. The standard InChI is InChI=1S/C29H28N4O2/c1-19-12-14-23(15-13-19)26-25(28-31-27(32-35-28)24-11-7-8-20(2)18-24)21(3)33(29(34)30-26)17-16-22-9-5-4-6-10-22/h4-15,18,26H,16-17H2,1-3H3,(H,30,34). The van der Waals surface area contributed by atoms with Gasteiger partial charge in [0.2, 0.25) is 5.82 Å². The Hall–Kier alpha value is -4.19. The molecule has 0 saturated carbocycles. The van der Waals surface area contributed by atoms with Crippen molar-refractivity contribution in [2.24, 2.45) is 0 Å². The second kappa shape index (κ2) is 9.58. The van der Waals surface area contributed by atoms with Crippen LogP contribution >= 0.6 is 0 Å². The van der Waals surface area contributed by atoms with Gasteiger partial charge in [-0.3, -0.25) is 4.90 Å². The fourth-order valence-electron chi connectivity index (χ4n) is 4.46. The van der Waals surface area contributed by atoms with Crippen molar-refractivity contribution in [1.82, 2.24) is 20.4 Å². The Morgan fingerprint density at radius 2 is 1.69 bits per heavy atom. The van der Waals surface area contributed by atoms with E-state index in [-0.39, 0.29) is 12.1 Å². The number of allylic oxidation sites excluding steroid dienone is 1. The first-order valence-electron chi connectivity index (χ1n) is 11.8. The molecule has 0 radical (unpaired) electrons. The van der Waals surface area contributed by atoms with Crippen molar-refractivity contribution in [2.75, 3.05) is 6.54 Å². The van der Waals surface area contributed by atoms with Crippen LogP contribution in [0.15, 0.2) is 89.1 Å². The molecule has 2 heterocycles. The minimum Gasteiger partial charge on any atom is -0.334 e. The molecule has 6 nitrogen and oxygen atoms in total. The molecule has 1 aromatic heterocycles. The summed E-state index contributed by atoms with van der Waals surface area (Å²) >= 11 is 0. The predicted octanol–water partition coefficient (Wildman–Crippen LogP) is 6.09. The number of aryl methyl sites for hydroxylation is 2. The van der Waals surface area contributed by atoms with E-state index in [0.717, 1.165) is 39.9 Å². The van der Waals surface area contributed by atoms with Crippen molar-refractivity contribution in [3.05, 3.63) is 113 Å². The monoisotopic (exact) mass is 464 g/mol. The summed E-state index contributed by atoms with van der Waals surface area (Å²) in [7, 11) is 0. The second-order valence-corrected chi connectivity index (χ2v) is 8.97. The van der Waals surface area contributed by atoms with Gasteiger partial charge in [-0.15, -0.1) is 0 Å². The van der Waals surface area contributed by atoms with Gasteiger partial charge >= 0.3 is 6.03 Å². The normalized spacial score (nSPS) is 15.9. The number of urea groups is 1. The Balaban J connectivity index is 1.55. The molecule has 1 aliphatic rings. The van der Waals surface area contributed by atoms with Gasteiger partial charge in [0.15, 0.2) is 0 Å². The number of hydrogen-bond donors (Lipinski definition) is 1. The molecule has 35 heavy (non-hydrogen) atoms. The van der Waals surface area contributed by atoms with Gasteiger partial charge in [-0.2, -0.15) is 4.98 Å². The molecule has 6 heteroatoms. The van der Waals surface area contributed by atoms with Crippen LogP contribution < -0.4 is 5.32 Å².